The van der Waals surface area contributed by atoms with Crippen molar-refractivity contribution in [3.05, 3.63) is 41.2 Å². The van der Waals surface area contributed by atoms with Crippen molar-refractivity contribution >= 4 is 17.4 Å². The van der Waals surface area contributed by atoms with Gasteiger partial charge in [0.15, 0.2) is 0 Å². The summed E-state index contributed by atoms with van der Waals surface area (Å²) in [6, 6.07) is 1.89. The van der Waals surface area contributed by atoms with Crippen LogP contribution >= 0.6 is 11.6 Å². The highest BCUT2D eigenvalue weighted by molar-refractivity contribution is 6.30. The number of halogens is 1. The molecule has 0 saturated carbocycles. The Hall–Kier alpha value is -1.55. The lowest BCUT2D eigenvalue weighted by Crippen LogP contribution is -2.03. The molecule has 4 nitrogen and oxygen atoms in total. The quantitative estimate of drug-likeness (QED) is 0.813. The van der Waals surface area contributed by atoms with Gasteiger partial charge in [0.05, 0.1) is 12.5 Å². The minimum absolute atomic E-state index is 0.472. The third kappa shape index (κ3) is 2.27. The van der Waals surface area contributed by atoms with Crippen LogP contribution in [0.2, 0.25) is 5.15 Å². The molecule has 2 heterocycles. The summed E-state index contributed by atoms with van der Waals surface area (Å²) in [5, 5.41) is 3.63. The van der Waals surface area contributed by atoms with E-state index in [1.807, 2.05) is 13.0 Å². The number of nitrogens with zero attached hydrogens (tertiary/aromatic N) is 2. The maximum Gasteiger partial charge on any atom is 0.137 e. The van der Waals surface area contributed by atoms with Gasteiger partial charge in [0.2, 0.25) is 0 Å². The molecule has 15 heavy (non-hydrogen) atoms. The SMILES string of the molecule is Cc1c(Cl)ncnc1NCc1ccoc1. The van der Waals surface area contributed by atoms with E-state index in [9.17, 15) is 0 Å². The predicted octanol–water partition coefficient (Wildman–Crippen LogP) is 2.64. The van der Waals surface area contributed by atoms with Crippen LogP contribution < -0.4 is 5.32 Å². The lowest BCUT2D eigenvalue weighted by Gasteiger charge is -2.06. The number of aromatic nitrogens is 2. The Morgan fingerprint density at radius 3 is 3.07 bits per heavy atom. The molecule has 0 bridgehead atoms. The zero-order valence-corrected chi connectivity index (χ0v) is 8.95. The zero-order valence-electron chi connectivity index (χ0n) is 8.20. The minimum Gasteiger partial charge on any atom is -0.472 e. The van der Waals surface area contributed by atoms with Crippen molar-refractivity contribution in [3.63, 3.8) is 0 Å². The number of rotatable bonds is 3. The fourth-order valence-electron chi connectivity index (χ4n) is 1.19. The molecule has 78 valence electrons. The van der Waals surface area contributed by atoms with Crippen LogP contribution in [0.1, 0.15) is 11.1 Å². The molecule has 0 unspecified atom stereocenters. The molecule has 2 rings (SSSR count). The van der Waals surface area contributed by atoms with Crippen molar-refractivity contribution in [2.45, 2.75) is 13.5 Å². The van der Waals surface area contributed by atoms with E-state index in [4.69, 9.17) is 16.0 Å². The van der Waals surface area contributed by atoms with Crippen LogP contribution in [0.15, 0.2) is 29.3 Å². The highest BCUT2D eigenvalue weighted by Crippen LogP contribution is 2.18. The van der Waals surface area contributed by atoms with E-state index in [-0.39, 0.29) is 0 Å². The molecule has 2 aromatic heterocycles. The van der Waals surface area contributed by atoms with Gasteiger partial charge in [-0.3, -0.25) is 0 Å². The minimum atomic E-state index is 0.472. The average molecular weight is 224 g/mol. The fraction of sp³-hybridized carbons (Fsp3) is 0.200. The number of anilines is 1. The molecular weight excluding hydrogens is 214 g/mol. The van der Waals surface area contributed by atoms with E-state index in [0.29, 0.717) is 11.7 Å². The van der Waals surface area contributed by atoms with E-state index in [1.165, 1.54) is 6.33 Å². The summed E-state index contributed by atoms with van der Waals surface area (Å²) in [5.41, 5.74) is 1.91. The van der Waals surface area contributed by atoms with Crippen LogP contribution in [-0.2, 0) is 6.54 Å². The van der Waals surface area contributed by atoms with Gasteiger partial charge in [-0.25, -0.2) is 9.97 Å². The lowest BCUT2D eigenvalue weighted by atomic mass is 10.3. The van der Waals surface area contributed by atoms with Crippen molar-refractivity contribution in [1.29, 1.82) is 0 Å². The van der Waals surface area contributed by atoms with Gasteiger partial charge in [-0.05, 0) is 13.0 Å². The summed E-state index contributed by atoms with van der Waals surface area (Å²) in [5.74, 6) is 0.746. The Morgan fingerprint density at radius 1 is 1.47 bits per heavy atom. The number of hydrogen-bond acceptors (Lipinski definition) is 4. The second kappa shape index (κ2) is 4.31. The number of furan rings is 1. The lowest BCUT2D eigenvalue weighted by molar-refractivity contribution is 0.564. The smallest absolute Gasteiger partial charge is 0.137 e. The Kier molecular flexibility index (Phi) is 2.87. The predicted molar refractivity (Wildman–Crippen MR) is 57.8 cm³/mol. The molecular formula is C10H10ClN3O. The normalized spacial score (nSPS) is 10.3. The van der Waals surface area contributed by atoms with Gasteiger partial charge < -0.3 is 9.73 Å². The zero-order chi connectivity index (χ0) is 10.7. The maximum absolute atomic E-state index is 5.86. The molecule has 0 saturated heterocycles. The van der Waals surface area contributed by atoms with Crippen molar-refractivity contribution < 1.29 is 4.42 Å². The summed E-state index contributed by atoms with van der Waals surface area (Å²) < 4.78 is 4.96. The third-order valence-corrected chi connectivity index (χ3v) is 2.44. The highest BCUT2D eigenvalue weighted by Gasteiger charge is 2.04. The van der Waals surface area contributed by atoms with Gasteiger partial charge >= 0.3 is 0 Å². The molecule has 0 atom stereocenters. The summed E-state index contributed by atoms with van der Waals surface area (Å²) >= 11 is 5.86. The first kappa shape index (κ1) is 9.98. The largest absolute Gasteiger partial charge is 0.472 e. The second-order valence-corrected chi connectivity index (χ2v) is 3.48. The molecule has 0 aromatic carbocycles. The molecule has 0 aliphatic rings. The molecule has 0 fully saturated rings. The van der Waals surface area contributed by atoms with E-state index < -0.39 is 0 Å². The van der Waals surface area contributed by atoms with Crippen molar-refractivity contribution in [2.24, 2.45) is 0 Å². The summed E-state index contributed by atoms with van der Waals surface area (Å²) in [4.78, 5) is 7.98. The molecule has 0 amide bonds. The van der Waals surface area contributed by atoms with Crippen LogP contribution in [-0.4, -0.2) is 9.97 Å². The summed E-state index contributed by atoms with van der Waals surface area (Å²) in [6.45, 7) is 2.53. The second-order valence-electron chi connectivity index (χ2n) is 3.12. The molecule has 0 spiro atoms. The Bertz CT molecular complexity index is 442. The van der Waals surface area contributed by atoms with Gasteiger partial charge in [-0.1, -0.05) is 11.6 Å². The van der Waals surface area contributed by atoms with E-state index in [1.54, 1.807) is 12.5 Å². The van der Waals surface area contributed by atoms with Crippen LogP contribution in [0.5, 0.6) is 0 Å². The summed E-state index contributed by atoms with van der Waals surface area (Å²) in [6.07, 6.45) is 4.76. The molecule has 1 N–H and O–H groups in total. The molecule has 2 aromatic rings. The third-order valence-electron chi connectivity index (χ3n) is 2.06. The standard InChI is InChI=1S/C10H10ClN3O/c1-7-9(11)13-6-14-10(7)12-4-8-2-3-15-5-8/h2-3,5-6H,4H2,1H3,(H,12,13,14). The molecule has 0 radical (unpaired) electrons. The fourth-order valence-corrected chi connectivity index (χ4v) is 1.32. The van der Waals surface area contributed by atoms with Crippen LogP contribution in [0.25, 0.3) is 0 Å². The van der Waals surface area contributed by atoms with Gasteiger partial charge in [0.25, 0.3) is 0 Å². The van der Waals surface area contributed by atoms with Crippen molar-refractivity contribution in [2.75, 3.05) is 5.32 Å². The Labute approximate surface area is 92.3 Å². The van der Waals surface area contributed by atoms with Gasteiger partial charge in [0, 0.05) is 17.7 Å². The van der Waals surface area contributed by atoms with Crippen LogP contribution in [0.3, 0.4) is 0 Å². The number of nitrogens with one attached hydrogen (secondary N) is 1. The molecule has 5 heteroatoms. The van der Waals surface area contributed by atoms with E-state index in [2.05, 4.69) is 15.3 Å². The van der Waals surface area contributed by atoms with Gasteiger partial charge in [-0.15, -0.1) is 0 Å². The summed E-state index contributed by atoms with van der Waals surface area (Å²) in [7, 11) is 0. The number of hydrogen-bond donors (Lipinski definition) is 1. The van der Waals surface area contributed by atoms with E-state index >= 15 is 0 Å². The van der Waals surface area contributed by atoms with Gasteiger partial charge in [-0.2, -0.15) is 0 Å². The monoisotopic (exact) mass is 223 g/mol. The Morgan fingerprint density at radius 2 is 2.33 bits per heavy atom. The maximum atomic E-state index is 5.86. The first-order valence-corrected chi connectivity index (χ1v) is 4.87. The average Bonchev–Trinajstić information content (AvgIpc) is 2.73. The highest BCUT2D eigenvalue weighted by atomic mass is 35.5. The first-order valence-electron chi connectivity index (χ1n) is 4.49. The van der Waals surface area contributed by atoms with E-state index in [0.717, 1.165) is 16.9 Å². The molecule has 0 aliphatic heterocycles. The first-order chi connectivity index (χ1) is 7.27. The van der Waals surface area contributed by atoms with Crippen molar-refractivity contribution in [3.8, 4) is 0 Å². The molecule has 0 aliphatic carbocycles. The van der Waals surface area contributed by atoms with Crippen molar-refractivity contribution in [1.82, 2.24) is 9.97 Å². The van der Waals surface area contributed by atoms with Crippen LogP contribution in [0.4, 0.5) is 5.82 Å². The Balaban J connectivity index is 2.08. The van der Waals surface area contributed by atoms with Crippen LogP contribution in [0, 0.1) is 6.92 Å². The topological polar surface area (TPSA) is 51.0 Å². The van der Waals surface area contributed by atoms with Gasteiger partial charge in [0.1, 0.15) is 17.3 Å².